The fourth-order valence-electron chi connectivity index (χ4n) is 3.08. The van der Waals surface area contributed by atoms with Crippen molar-refractivity contribution in [3.63, 3.8) is 0 Å². The number of hydrazine groups is 2. The Balaban J connectivity index is 0.000000470. The molecule has 4 rings (SSSR count). The monoisotopic (exact) mass is 724 g/mol. The molecule has 264 valence electrons. The van der Waals surface area contributed by atoms with Crippen LogP contribution in [0.15, 0.2) is 49.1 Å². The number of nitrogens with zero attached hydrogens (tertiary/aromatic N) is 8. The molecule has 0 aliphatic heterocycles. The van der Waals surface area contributed by atoms with Crippen molar-refractivity contribution < 1.29 is 38.8 Å². The van der Waals surface area contributed by atoms with Gasteiger partial charge in [0.1, 0.15) is 23.0 Å². The van der Waals surface area contributed by atoms with Crippen LogP contribution in [-0.2, 0) is 19.1 Å². The third kappa shape index (κ3) is 14.4. The Kier molecular flexibility index (Phi) is 18.1. The number of halogens is 2. The maximum Gasteiger partial charge on any atom is 0.516 e. The van der Waals surface area contributed by atoms with Crippen LogP contribution >= 0.6 is 23.2 Å². The van der Waals surface area contributed by atoms with Crippen LogP contribution in [0.25, 0.3) is 35.2 Å². The number of methoxy groups -OCH3 is 2. The van der Waals surface area contributed by atoms with E-state index in [0.717, 1.165) is 6.08 Å². The lowest BCUT2D eigenvalue weighted by Gasteiger charge is -2.05. The lowest BCUT2D eigenvalue weighted by atomic mass is 10.2. The molecule has 0 saturated carbocycles. The summed E-state index contributed by atoms with van der Waals surface area (Å²) in [5.74, 6) is 13.2. The number of esters is 1. The van der Waals surface area contributed by atoms with Crippen LogP contribution in [0.2, 0.25) is 10.3 Å². The molecular weight excluding hydrogens is 691 g/mol. The molecular formula is C27H34Cl2N12O8. The average Bonchev–Trinajstić information content (AvgIpc) is 3.76. The molecule has 0 saturated heterocycles. The summed E-state index contributed by atoms with van der Waals surface area (Å²) in [7, 11) is 2.96. The molecule has 0 radical (unpaired) electrons. The summed E-state index contributed by atoms with van der Waals surface area (Å²) in [5.41, 5.74) is 3.21. The zero-order chi connectivity index (χ0) is 35.6. The fourth-order valence-corrected chi connectivity index (χ4v) is 3.48. The number of hydrogen-bond donors (Lipinski definition) is 4. The molecule has 0 aliphatic carbocycles. The number of ether oxygens (including phenoxy) is 4. The molecule has 4 aromatic rings. The summed E-state index contributed by atoms with van der Waals surface area (Å²) in [6, 6.07) is 6.46. The maximum atomic E-state index is 11.6. The SMILES string of the molecule is COc1cc(-c2ncn(/C=C\C(=O)NN)n2)cc(Cl)n1.COc1cc(-c2ncn(/C=C\C(=O)OC(=O)OCC(C)C)n2)cc(Cl)n1.NN.O. The van der Waals surface area contributed by atoms with E-state index in [1.54, 1.807) is 24.3 Å². The summed E-state index contributed by atoms with van der Waals surface area (Å²) in [6.45, 7) is 3.89. The molecule has 0 spiro atoms. The molecule has 1 amide bonds. The molecule has 0 aromatic carbocycles. The minimum absolute atomic E-state index is 0. The van der Waals surface area contributed by atoms with Gasteiger partial charge in [0.25, 0.3) is 5.91 Å². The van der Waals surface area contributed by atoms with Crippen LogP contribution in [-0.4, -0.2) is 83.8 Å². The highest BCUT2D eigenvalue weighted by Gasteiger charge is 2.12. The van der Waals surface area contributed by atoms with Crippen molar-refractivity contribution >= 4 is 53.6 Å². The summed E-state index contributed by atoms with van der Waals surface area (Å²) < 4.78 is 21.9. The van der Waals surface area contributed by atoms with Gasteiger partial charge in [0.15, 0.2) is 11.6 Å². The van der Waals surface area contributed by atoms with Crippen molar-refractivity contribution in [1.82, 2.24) is 44.9 Å². The Bertz CT molecular complexity index is 1730. The zero-order valence-corrected chi connectivity index (χ0v) is 28.0. The largest absolute Gasteiger partial charge is 0.516 e. The Morgan fingerprint density at radius 2 is 1.33 bits per heavy atom. The molecule has 20 nitrogen and oxygen atoms in total. The predicted octanol–water partition coefficient (Wildman–Crippen LogP) is 1.27. The van der Waals surface area contributed by atoms with Crippen LogP contribution in [0, 0.1) is 5.92 Å². The standard InChI is InChI=1S/C16H17ClN4O5.C11H11ClN6O2.H4N2.H2O/c1-10(2)8-25-16(23)26-14(22)4-5-21-9-18-15(20-21)11-6-12(17)19-13(7-11)24-3;1-20-10-5-7(4-8(12)15-10)11-14-6-18(17-11)3-2-9(19)16-13;1-2;/h4-7,9-10H,8H2,1-3H3;2-6H,13H2,1H3,(H,16,19);1-2H2;1H2/b5-4-;3-2-;;. The predicted molar refractivity (Wildman–Crippen MR) is 177 cm³/mol. The second kappa shape index (κ2) is 21.4. The maximum absolute atomic E-state index is 11.6. The first kappa shape index (κ1) is 41.5. The average molecular weight is 726 g/mol. The highest BCUT2D eigenvalue weighted by molar-refractivity contribution is 6.30. The number of carbonyl (C=O) groups is 3. The van der Waals surface area contributed by atoms with E-state index in [-0.39, 0.29) is 28.3 Å². The lowest BCUT2D eigenvalue weighted by molar-refractivity contribution is -0.134. The molecule has 0 unspecified atom stereocenters. The van der Waals surface area contributed by atoms with E-state index in [1.165, 1.54) is 54.7 Å². The van der Waals surface area contributed by atoms with Gasteiger partial charge in [0, 0.05) is 47.8 Å². The first-order valence-corrected chi connectivity index (χ1v) is 14.1. The van der Waals surface area contributed by atoms with Crippen LogP contribution in [0.4, 0.5) is 4.79 Å². The van der Waals surface area contributed by atoms with E-state index < -0.39 is 18.0 Å². The van der Waals surface area contributed by atoms with Crippen molar-refractivity contribution in [2.45, 2.75) is 13.8 Å². The van der Waals surface area contributed by atoms with Crippen LogP contribution in [0.5, 0.6) is 11.8 Å². The molecule has 0 aliphatic rings. The van der Waals surface area contributed by atoms with E-state index >= 15 is 0 Å². The third-order valence-electron chi connectivity index (χ3n) is 5.10. The third-order valence-corrected chi connectivity index (χ3v) is 5.48. The number of hydrogen-bond acceptors (Lipinski definition) is 16. The van der Waals surface area contributed by atoms with Gasteiger partial charge < -0.3 is 24.4 Å². The minimum atomic E-state index is -1.05. The highest BCUT2D eigenvalue weighted by Crippen LogP contribution is 2.24. The van der Waals surface area contributed by atoms with Crippen molar-refractivity contribution in [1.29, 1.82) is 0 Å². The lowest BCUT2D eigenvalue weighted by Crippen LogP contribution is -2.28. The summed E-state index contributed by atoms with van der Waals surface area (Å²) in [6.07, 6.45) is 6.71. The smallest absolute Gasteiger partial charge is 0.481 e. The van der Waals surface area contributed by atoms with E-state index in [0.29, 0.717) is 34.5 Å². The minimum Gasteiger partial charge on any atom is -0.481 e. The topological polar surface area (TPSA) is 297 Å². The van der Waals surface area contributed by atoms with Crippen molar-refractivity contribution in [2.75, 3.05) is 20.8 Å². The van der Waals surface area contributed by atoms with E-state index in [4.69, 9.17) is 43.3 Å². The first-order valence-electron chi connectivity index (χ1n) is 13.3. The second-order valence-corrected chi connectivity index (χ2v) is 9.83. The van der Waals surface area contributed by atoms with Gasteiger partial charge >= 0.3 is 12.1 Å². The Labute approximate surface area is 289 Å². The molecule has 22 heteroatoms. The number of rotatable bonds is 10. The summed E-state index contributed by atoms with van der Waals surface area (Å²) in [4.78, 5) is 49.9. The van der Waals surface area contributed by atoms with Gasteiger partial charge in [-0.15, -0.1) is 10.2 Å². The van der Waals surface area contributed by atoms with Gasteiger partial charge in [-0.25, -0.2) is 44.7 Å². The molecule has 9 N–H and O–H groups in total. The van der Waals surface area contributed by atoms with Crippen LogP contribution in [0.3, 0.4) is 0 Å². The second-order valence-electron chi connectivity index (χ2n) is 9.05. The van der Waals surface area contributed by atoms with Crippen molar-refractivity contribution in [2.24, 2.45) is 23.4 Å². The van der Waals surface area contributed by atoms with Crippen LogP contribution in [0.1, 0.15) is 13.8 Å². The van der Waals surface area contributed by atoms with E-state index in [1.807, 2.05) is 19.3 Å². The van der Waals surface area contributed by atoms with E-state index in [2.05, 4.69) is 46.6 Å². The molecule has 4 heterocycles. The van der Waals surface area contributed by atoms with Crippen molar-refractivity contribution in [3.05, 3.63) is 59.4 Å². The number of amides is 1. The van der Waals surface area contributed by atoms with Gasteiger partial charge in [0.05, 0.1) is 20.8 Å². The van der Waals surface area contributed by atoms with Gasteiger partial charge in [-0.05, 0) is 18.1 Å². The number of nitrogens with two attached hydrogens (primary N) is 3. The Hall–Kier alpha value is -5.51. The van der Waals surface area contributed by atoms with Crippen LogP contribution < -0.4 is 32.4 Å². The highest BCUT2D eigenvalue weighted by atomic mass is 35.5. The Morgan fingerprint density at radius 1 is 0.857 bits per heavy atom. The number of nitrogens with one attached hydrogen (secondary N) is 1. The fraction of sp³-hybridized carbons (Fsp3) is 0.222. The molecule has 0 atom stereocenters. The van der Waals surface area contributed by atoms with E-state index in [9.17, 15) is 14.4 Å². The van der Waals surface area contributed by atoms with Gasteiger partial charge in [-0.2, -0.15) is 0 Å². The summed E-state index contributed by atoms with van der Waals surface area (Å²) in [5, 5.41) is 8.82. The van der Waals surface area contributed by atoms with Gasteiger partial charge in [-0.1, -0.05) is 37.0 Å². The van der Waals surface area contributed by atoms with Gasteiger partial charge in [0.2, 0.25) is 11.8 Å². The van der Waals surface area contributed by atoms with Crippen molar-refractivity contribution in [3.8, 4) is 34.5 Å². The van der Waals surface area contributed by atoms with Gasteiger partial charge in [-0.3, -0.25) is 21.9 Å². The molecule has 0 bridgehead atoms. The molecule has 0 fully saturated rings. The Morgan fingerprint density at radius 3 is 1.76 bits per heavy atom. The quantitative estimate of drug-likeness (QED) is 0.0340. The molecule has 49 heavy (non-hydrogen) atoms. The zero-order valence-electron chi connectivity index (χ0n) is 26.5. The number of aromatic nitrogens is 8. The molecule has 4 aromatic heterocycles. The number of carbonyl (C=O) groups excluding carboxylic acids is 3. The summed E-state index contributed by atoms with van der Waals surface area (Å²) >= 11 is 11.8. The first-order chi connectivity index (χ1) is 23.0. The normalized spacial score (nSPS) is 10.3. The number of pyridine rings is 2.